The molecule has 1 aromatic rings. The molecule has 1 amide bonds. The number of carbonyl (C=O) groups is 1. The number of rotatable bonds is 3. The predicted octanol–water partition coefficient (Wildman–Crippen LogP) is 0.698. The Morgan fingerprint density at radius 1 is 1.59 bits per heavy atom. The number of nitrogens with one attached hydrogen (secondary N) is 1. The van der Waals surface area contributed by atoms with Crippen molar-refractivity contribution in [2.75, 3.05) is 20.1 Å². The van der Waals surface area contributed by atoms with Crippen LogP contribution in [0.4, 0.5) is 0 Å². The van der Waals surface area contributed by atoms with Crippen LogP contribution < -0.4 is 5.32 Å². The fraction of sp³-hybridized carbons (Fsp3) is 0.545. The highest BCUT2D eigenvalue weighted by Crippen LogP contribution is 2.14. The van der Waals surface area contributed by atoms with Crippen LogP contribution in [0.1, 0.15) is 12.1 Å². The molecular formula is C11H15ClN4O. The summed E-state index contributed by atoms with van der Waals surface area (Å²) in [4.78, 5) is 22.0. The van der Waals surface area contributed by atoms with Gasteiger partial charge in [0.2, 0.25) is 5.91 Å². The molecule has 5 nitrogen and oxygen atoms in total. The molecule has 0 aromatic carbocycles. The summed E-state index contributed by atoms with van der Waals surface area (Å²) in [7, 11) is 2.02. The Morgan fingerprint density at radius 2 is 2.35 bits per heavy atom. The molecule has 1 N–H and O–H groups in total. The lowest BCUT2D eigenvalue weighted by Crippen LogP contribution is -2.32. The van der Waals surface area contributed by atoms with E-state index in [4.69, 9.17) is 11.6 Å². The van der Waals surface area contributed by atoms with Gasteiger partial charge in [-0.3, -0.25) is 9.78 Å². The lowest BCUT2D eigenvalue weighted by molar-refractivity contribution is -0.124. The second-order valence-electron chi connectivity index (χ2n) is 4.26. The summed E-state index contributed by atoms with van der Waals surface area (Å²) in [5, 5.41) is 3.19. The van der Waals surface area contributed by atoms with Crippen LogP contribution in [0.3, 0.4) is 0 Å². The molecule has 1 aliphatic rings. The van der Waals surface area contributed by atoms with Crippen LogP contribution in [0, 0.1) is 5.92 Å². The zero-order valence-electron chi connectivity index (χ0n) is 9.69. The molecule has 0 aliphatic carbocycles. The Morgan fingerprint density at radius 3 is 3.00 bits per heavy atom. The van der Waals surface area contributed by atoms with Crippen LogP contribution in [0.2, 0.25) is 5.15 Å². The first kappa shape index (κ1) is 12.3. The SMILES string of the molecule is CN1CC[C@H](C(=O)NCc2nccnc2Cl)C1. The van der Waals surface area contributed by atoms with E-state index in [0.717, 1.165) is 19.5 Å². The van der Waals surface area contributed by atoms with Gasteiger partial charge in [-0.1, -0.05) is 11.6 Å². The van der Waals surface area contributed by atoms with Crippen LogP contribution in [0.5, 0.6) is 0 Å². The molecule has 0 saturated carbocycles. The number of nitrogens with zero attached hydrogens (tertiary/aromatic N) is 3. The van der Waals surface area contributed by atoms with E-state index in [1.165, 1.54) is 6.20 Å². The van der Waals surface area contributed by atoms with Crippen molar-refractivity contribution in [3.05, 3.63) is 23.2 Å². The Hall–Kier alpha value is -1.20. The van der Waals surface area contributed by atoms with E-state index in [1.54, 1.807) is 6.20 Å². The van der Waals surface area contributed by atoms with Crippen LogP contribution in [-0.4, -0.2) is 40.9 Å². The second-order valence-corrected chi connectivity index (χ2v) is 4.62. The minimum atomic E-state index is 0.0658. The minimum absolute atomic E-state index is 0.0658. The zero-order chi connectivity index (χ0) is 12.3. The Kier molecular flexibility index (Phi) is 3.91. The highest BCUT2D eigenvalue weighted by atomic mass is 35.5. The standard InChI is InChI=1S/C11H15ClN4O/c1-16-5-2-8(7-16)11(17)15-6-9-10(12)14-4-3-13-9/h3-4,8H,2,5-7H2,1H3,(H,15,17)/t8-/m0/s1. The average Bonchev–Trinajstić information content (AvgIpc) is 2.74. The van der Waals surface area contributed by atoms with E-state index in [2.05, 4.69) is 20.2 Å². The lowest BCUT2D eigenvalue weighted by Gasteiger charge is -2.11. The van der Waals surface area contributed by atoms with Gasteiger partial charge in [-0.2, -0.15) is 0 Å². The number of amides is 1. The fourth-order valence-electron chi connectivity index (χ4n) is 1.93. The molecule has 2 rings (SSSR count). The van der Waals surface area contributed by atoms with Gasteiger partial charge in [0, 0.05) is 18.9 Å². The molecular weight excluding hydrogens is 240 g/mol. The molecule has 0 bridgehead atoms. The molecule has 0 spiro atoms. The quantitative estimate of drug-likeness (QED) is 0.863. The van der Waals surface area contributed by atoms with Crippen LogP contribution in [-0.2, 0) is 11.3 Å². The van der Waals surface area contributed by atoms with Gasteiger partial charge in [0.05, 0.1) is 18.2 Å². The van der Waals surface area contributed by atoms with E-state index in [1.807, 2.05) is 7.05 Å². The van der Waals surface area contributed by atoms with E-state index in [9.17, 15) is 4.79 Å². The van der Waals surface area contributed by atoms with E-state index in [0.29, 0.717) is 17.4 Å². The zero-order valence-corrected chi connectivity index (χ0v) is 10.4. The van der Waals surface area contributed by atoms with Crippen LogP contribution >= 0.6 is 11.6 Å². The normalized spacial score (nSPS) is 20.5. The maximum absolute atomic E-state index is 11.8. The number of hydrogen-bond acceptors (Lipinski definition) is 4. The smallest absolute Gasteiger partial charge is 0.224 e. The van der Waals surface area contributed by atoms with Crippen molar-refractivity contribution in [3.8, 4) is 0 Å². The number of likely N-dealkylation sites (tertiary alicyclic amines) is 1. The largest absolute Gasteiger partial charge is 0.350 e. The first-order valence-corrected chi connectivity index (χ1v) is 5.96. The molecule has 1 saturated heterocycles. The summed E-state index contributed by atoms with van der Waals surface area (Å²) in [5.74, 6) is 0.145. The molecule has 6 heteroatoms. The Labute approximate surface area is 105 Å². The molecule has 1 fully saturated rings. The molecule has 92 valence electrons. The first-order valence-electron chi connectivity index (χ1n) is 5.58. The molecule has 1 aliphatic heterocycles. The fourth-order valence-corrected chi connectivity index (χ4v) is 2.10. The molecule has 1 atom stereocenters. The lowest BCUT2D eigenvalue weighted by atomic mass is 10.1. The van der Waals surface area contributed by atoms with Gasteiger partial charge in [0.15, 0.2) is 5.15 Å². The van der Waals surface area contributed by atoms with Crippen LogP contribution in [0.25, 0.3) is 0 Å². The summed E-state index contributed by atoms with van der Waals surface area (Å²) < 4.78 is 0. The van der Waals surface area contributed by atoms with Gasteiger partial charge in [-0.25, -0.2) is 4.98 Å². The third-order valence-electron chi connectivity index (χ3n) is 2.92. The van der Waals surface area contributed by atoms with E-state index >= 15 is 0 Å². The summed E-state index contributed by atoms with van der Waals surface area (Å²) in [6.45, 7) is 2.13. The number of carbonyl (C=O) groups excluding carboxylic acids is 1. The van der Waals surface area contributed by atoms with Gasteiger partial charge in [-0.05, 0) is 20.0 Å². The van der Waals surface area contributed by atoms with Crippen molar-refractivity contribution in [1.29, 1.82) is 0 Å². The van der Waals surface area contributed by atoms with Crippen molar-refractivity contribution in [1.82, 2.24) is 20.2 Å². The van der Waals surface area contributed by atoms with Gasteiger partial charge in [0.1, 0.15) is 0 Å². The summed E-state index contributed by atoms with van der Waals surface area (Å²) in [6, 6.07) is 0. The van der Waals surface area contributed by atoms with Crippen molar-refractivity contribution in [2.24, 2.45) is 5.92 Å². The van der Waals surface area contributed by atoms with Gasteiger partial charge in [0.25, 0.3) is 0 Å². The monoisotopic (exact) mass is 254 g/mol. The Balaban J connectivity index is 1.86. The minimum Gasteiger partial charge on any atom is -0.350 e. The van der Waals surface area contributed by atoms with Crippen molar-refractivity contribution in [3.63, 3.8) is 0 Å². The summed E-state index contributed by atoms with van der Waals surface area (Å²) in [5.41, 5.74) is 0.605. The molecule has 0 unspecified atom stereocenters. The molecule has 17 heavy (non-hydrogen) atoms. The maximum Gasteiger partial charge on any atom is 0.224 e. The second kappa shape index (κ2) is 5.42. The number of halogens is 1. The highest BCUT2D eigenvalue weighted by Gasteiger charge is 2.25. The topological polar surface area (TPSA) is 58.1 Å². The molecule has 1 aromatic heterocycles. The number of hydrogen-bond donors (Lipinski definition) is 1. The van der Waals surface area contributed by atoms with Gasteiger partial charge < -0.3 is 10.2 Å². The number of aromatic nitrogens is 2. The summed E-state index contributed by atoms with van der Waals surface area (Å²) >= 11 is 5.86. The van der Waals surface area contributed by atoms with E-state index in [-0.39, 0.29) is 11.8 Å². The predicted molar refractivity (Wildman–Crippen MR) is 64.5 cm³/mol. The van der Waals surface area contributed by atoms with E-state index < -0.39 is 0 Å². The third-order valence-corrected chi connectivity index (χ3v) is 3.23. The summed E-state index contributed by atoms with van der Waals surface area (Å²) in [6.07, 6.45) is 4.01. The Bertz CT molecular complexity index is 412. The molecule has 2 heterocycles. The van der Waals surface area contributed by atoms with Crippen LogP contribution in [0.15, 0.2) is 12.4 Å². The maximum atomic E-state index is 11.8. The first-order chi connectivity index (χ1) is 8.16. The van der Waals surface area contributed by atoms with Crippen molar-refractivity contribution >= 4 is 17.5 Å². The van der Waals surface area contributed by atoms with Crippen molar-refractivity contribution in [2.45, 2.75) is 13.0 Å². The third kappa shape index (κ3) is 3.14. The molecule has 0 radical (unpaired) electrons. The average molecular weight is 255 g/mol. The van der Waals surface area contributed by atoms with Gasteiger partial charge in [-0.15, -0.1) is 0 Å². The van der Waals surface area contributed by atoms with Gasteiger partial charge >= 0.3 is 0 Å². The highest BCUT2D eigenvalue weighted by molar-refractivity contribution is 6.29. The van der Waals surface area contributed by atoms with Crippen molar-refractivity contribution < 1.29 is 4.79 Å².